The summed E-state index contributed by atoms with van der Waals surface area (Å²) in [5.74, 6) is 1.33. The number of nitrogens with zero attached hydrogens (tertiary/aromatic N) is 1. The molecule has 0 radical (unpaired) electrons. The number of hydrogen-bond donors (Lipinski definition) is 1. The molecular formula is C29H38NO5P. The maximum absolute atomic E-state index is 13.1. The van der Waals surface area contributed by atoms with E-state index in [1.54, 1.807) is 24.6 Å². The molecule has 1 N–H and O–H groups in total. The fraction of sp³-hybridized carbons (Fsp3) is 0.414. The van der Waals surface area contributed by atoms with Crippen molar-refractivity contribution in [2.75, 3.05) is 19.4 Å². The Morgan fingerprint density at radius 2 is 2.00 bits per heavy atom. The van der Waals surface area contributed by atoms with Crippen LogP contribution in [0.1, 0.15) is 60.9 Å². The van der Waals surface area contributed by atoms with Gasteiger partial charge in [0.2, 0.25) is 0 Å². The zero-order valence-corrected chi connectivity index (χ0v) is 22.9. The van der Waals surface area contributed by atoms with Gasteiger partial charge >= 0.3 is 7.60 Å². The van der Waals surface area contributed by atoms with Crippen LogP contribution < -0.4 is 4.74 Å². The first-order valence-electron chi connectivity index (χ1n) is 12.4. The van der Waals surface area contributed by atoms with Gasteiger partial charge in [0.05, 0.1) is 25.5 Å². The highest BCUT2D eigenvalue weighted by atomic mass is 31.2. The third-order valence-electron chi connectivity index (χ3n) is 6.29. The van der Waals surface area contributed by atoms with Crippen molar-refractivity contribution in [2.45, 2.75) is 59.5 Å². The van der Waals surface area contributed by atoms with Crippen molar-refractivity contribution >= 4 is 13.8 Å². The molecule has 3 rings (SSSR count). The molecule has 2 aromatic rings. The molecule has 6 nitrogen and oxygen atoms in total. The van der Waals surface area contributed by atoms with Crippen molar-refractivity contribution in [3.05, 3.63) is 82.6 Å². The van der Waals surface area contributed by atoms with E-state index < -0.39 is 7.60 Å². The summed E-state index contributed by atoms with van der Waals surface area (Å²) in [4.78, 5) is 4.03. The van der Waals surface area contributed by atoms with Gasteiger partial charge in [-0.2, -0.15) is 0 Å². The van der Waals surface area contributed by atoms with Crippen LogP contribution in [0, 0.1) is 13.8 Å². The summed E-state index contributed by atoms with van der Waals surface area (Å²) in [5.41, 5.74) is 6.32. The summed E-state index contributed by atoms with van der Waals surface area (Å²) in [5, 5.41) is 10.1. The van der Waals surface area contributed by atoms with E-state index in [0.717, 1.165) is 40.0 Å². The van der Waals surface area contributed by atoms with Crippen LogP contribution in [0.4, 0.5) is 0 Å². The van der Waals surface area contributed by atoms with Crippen LogP contribution in [-0.2, 0) is 20.0 Å². The summed E-state index contributed by atoms with van der Waals surface area (Å²) in [7, 11) is -3.27. The second kappa shape index (κ2) is 12.5. The van der Waals surface area contributed by atoms with Crippen molar-refractivity contribution in [3.63, 3.8) is 0 Å². The fourth-order valence-corrected chi connectivity index (χ4v) is 5.87. The van der Waals surface area contributed by atoms with E-state index in [1.807, 2.05) is 25.1 Å². The minimum absolute atomic E-state index is 0.166. The zero-order chi connectivity index (χ0) is 26.3. The number of aryl methyl sites for hydroxylation is 2. The highest BCUT2D eigenvalue weighted by Gasteiger charge is 2.34. The number of benzene rings is 2. The van der Waals surface area contributed by atoms with Gasteiger partial charge in [0.1, 0.15) is 11.5 Å². The molecule has 0 unspecified atom stereocenters. The van der Waals surface area contributed by atoms with E-state index >= 15 is 0 Å². The third kappa shape index (κ3) is 7.42. The summed E-state index contributed by atoms with van der Waals surface area (Å²) in [6, 6.07) is 9.85. The monoisotopic (exact) mass is 511 g/mol. The van der Waals surface area contributed by atoms with E-state index in [4.69, 9.17) is 13.8 Å². The molecule has 0 spiro atoms. The molecule has 0 aromatic heterocycles. The summed E-state index contributed by atoms with van der Waals surface area (Å²) >= 11 is 0. The molecule has 194 valence electrons. The quantitative estimate of drug-likeness (QED) is 0.206. The number of ether oxygens (including phenoxy) is 1. The Labute approximate surface area is 215 Å². The topological polar surface area (TPSA) is 77.4 Å². The second-order valence-electron chi connectivity index (χ2n) is 9.46. The van der Waals surface area contributed by atoms with Crippen LogP contribution >= 0.6 is 7.60 Å². The van der Waals surface area contributed by atoms with Crippen LogP contribution in [0.3, 0.4) is 0 Å². The molecule has 7 heteroatoms. The SMILES string of the molecule is C=C(/C=C\N=CC)[C@@H]1CCO[P@](=O)(CCOc2cc(C)c(Cc3ccc(O)c(C(C)C)c3)c(C)c2)O1. The largest absolute Gasteiger partial charge is 0.508 e. The lowest BCUT2D eigenvalue weighted by atomic mass is 9.93. The predicted octanol–water partition coefficient (Wildman–Crippen LogP) is 7.26. The van der Waals surface area contributed by atoms with Crippen molar-refractivity contribution < 1.29 is 23.5 Å². The molecular weight excluding hydrogens is 473 g/mol. The van der Waals surface area contributed by atoms with Crippen molar-refractivity contribution in [2.24, 2.45) is 4.99 Å². The lowest BCUT2D eigenvalue weighted by Crippen LogP contribution is -2.24. The molecule has 2 aromatic carbocycles. The summed E-state index contributed by atoms with van der Waals surface area (Å²) < 4.78 is 30.4. The van der Waals surface area contributed by atoms with Gasteiger partial charge in [-0.3, -0.25) is 9.56 Å². The minimum atomic E-state index is -3.27. The average Bonchev–Trinajstić information content (AvgIpc) is 2.82. The molecule has 1 aliphatic rings. The highest BCUT2D eigenvalue weighted by molar-refractivity contribution is 7.53. The molecule has 1 heterocycles. The molecule has 0 bridgehead atoms. The van der Waals surface area contributed by atoms with Crippen molar-refractivity contribution in [1.29, 1.82) is 0 Å². The maximum atomic E-state index is 13.1. The Balaban J connectivity index is 1.61. The van der Waals surface area contributed by atoms with E-state index in [2.05, 4.69) is 45.3 Å². The smallest absolute Gasteiger partial charge is 0.334 e. The van der Waals surface area contributed by atoms with E-state index in [0.29, 0.717) is 18.8 Å². The van der Waals surface area contributed by atoms with Gasteiger partial charge in [-0.1, -0.05) is 32.6 Å². The Hall–Kier alpha value is -2.66. The van der Waals surface area contributed by atoms with Gasteiger partial charge < -0.3 is 18.9 Å². The minimum Gasteiger partial charge on any atom is -0.508 e. The first kappa shape index (κ1) is 27.9. The standard InChI is InChI=1S/C29H38NO5P/c1-7-30-12-10-21(4)29-11-13-34-36(32,35-29)15-14-33-25-16-22(5)27(23(6)17-25)19-24-8-9-28(31)26(18-24)20(2)3/h7-10,12,16-18,20,29,31H,4,11,13-15,19H2,1-3,5-6H3/b12-10-,30-7?/t29-,36+/m0/s1. The number of rotatable bonds is 10. The van der Waals surface area contributed by atoms with Gasteiger partial charge in [0, 0.05) is 18.8 Å². The van der Waals surface area contributed by atoms with Gasteiger partial charge in [-0.15, -0.1) is 0 Å². The Bertz CT molecular complexity index is 1160. The normalized spacial score (nSPS) is 20.4. The van der Waals surface area contributed by atoms with Gasteiger partial charge in [-0.05, 0) is 90.8 Å². The van der Waals surface area contributed by atoms with Crippen molar-refractivity contribution in [1.82, 2.24) is 0 Å². The number of aromatic hydroxyl groups is 1. The number of phenols is 1. The molecule has 0 saturated carbocycles. The fourth-order valence-electron chi connectivity index (χ4n) is 4.25. The molecule has 1 fully saturated rings. The molecule has 1 aliphatic heterocycles. The first-order chi connectivity index (χ1) is 17.1. The molecule has 0 aliphatic carbocycles. The summed E-state index contributed by atoms with van der Waals surface area (Å²) in [6.45, 7) is 14.7. The Kier molecular flexibility index (Phi) is 9.72. The number of phenolic OH excluding ortho intramolecular Hbond substituents is 1. The average molecular weight is 512 g/mol. The lowest BCUT2D eigenvalue weighted by Gasteiger charge is -2.30. The second-order valence-corrected chi connectivity index (χ2v) is 11.6. The zero-order valence-electron chi connectivity index (χ0n) is 22.0. The lowest BCUT2D eigenvalue weighted by molar-refractivity contribution is 0.102. The third-order valence-corrected chi connectivity index (χ3v) is 8.17. The van der Waals surface area contributed by atoms with E-state index in [1.165, 1.54) is 5.56 Å². The van der Waals surface area contributed by atoms with Gasteiger partial charge in [0.25, 0.3) is 0 Å². The molecule has 36 heavy (non-hydrogen) atoms. The van der Waals surface area contributed by atoms with E-state index in [-0.39, 0.29) is 24.8 Å². The van der Waals surface area contributed by atoms with Crippen LogP contribution in [-0.4, -0.2) is 36.8 Å². The predicted molar refractivity (Wildman–Crippen MR) is 147 cm³/mol. The maximum Gasteiger partial charge on any atom is 0.334 e. The van der Waals surface area contributed by atoms with Gasteiger partial charge in [0.15, 0.2) is 0 Å². The molecule has 0 amide bonds. The highest BCUT2D eigenvalue weighted by Crippen LogP contribution is 2.53. The van der Waals surface area contributed by atoms with Crippen LogP contribution in [0.2, 0.25) is 0 Å². The van der Waals surface area contributed by atoms with Crippen LogP contribution in [0.5, 0.6) is 11.5 Å². The van der Waals surface area contributed by atoms with Crippen molar-refractivity contribution in [3.8, 4) is 11.5 Å². The van der Waals surface area contributed by atoms with Gasteiger partial charge in [-0.25, -0.2) is 0 Å². The Morgan fingerprint density at radius 1 is 1.28 bits per heavy atom. The van der Waals surface area contributed by atoms with Crippen LogP contribution in [0.25, 0.3) is 0 Å². The van der Waals surface area contributed by atoms with E-state index in [9.17, 15) is 9.67 Å². The van der Waals surface area contributed by atoms with Crippen LogP contribution in [0.15, 0.2) is 59.8 Å². The first-order valence-corrected chi connectivity index (χ1v) is 14.1. The number of hydrogen-bond acceptors (Lipinski definition) is 6. The molecule has 2 atom stereocenters. The molecule has 1 saturated heterocycles. The summed E-state index contributed by atoms with van der Waals surface area (Å²) in [6.07, 6.45) is 6.29. The number of aliphatic imine (C=N–C) groups is 1. The Morgan fingerprint density at radius 3 is 2.67 bits per heavy atom.